The Bertz CT molecular complexity index is 915. The second-order valence-corrected chi connectivity index (χ2v) is 7.92. The van der Waals surface area contributed by atoms with Gasteiger partial charge in [-0.3, -0.25) is 14.5 Å². The Labute approximate surface area is 172 Å². The molecule has 0 unspecified atom stereocenters. The highest BCUT2D eigenvalue weighted by molar-refractivity contribution is 6.36. The molecule has 0 saturated heterocycles. The smallest absolute Gasteiger partial charge is 0.278 e. The molecule has 1 heterocycles. The van der Waals surface area contributed by atoms with Crippen molar-refractivity contribution >= 4 is 23.1 Å². The standard InChI is InChI=1S/C24H28N2O3/c1-16(2)15-26-23(27)21(18-11-13-20(14-12-18)29-17(3)4)22(24(26)28)25(5)19-9-7-6-8-10-19/h6-14,16-17H,15H2,1-5H3. The minimum atomic E-state index is -0.257. The van der Waals surface area contributed by atoms with E-state index in [0.717, 1.165) is 11.4 Å². The van der Waals surface area contributed by atoms with Crippen molar-refractivity contribution in [1.29, 1.82) is 0 Å². The average Bonchev–Trinajstić information content (AvgIpc) is 2.92. The van der Waals surface area contributed by atoms with Crippen molar-refractivity contribution in [3.05, 3.63) is 65.9 Å². The lowest BCUT2D eigenvalue weighted by molar-refractivity contribution is -0.137. The van der Waals surface area contributed by atoms with E-state index in [2.05, 4.69) is 0 Å². The van der Waals surface area contributed by atoms with Gasteiger partial charge < -0.3 is 9.64 Å². The molecule has 0 bridgehead atoms. The van der Waals surface area contributed by atoms with Crippen LogP contribution in [0.3, 0.4) is 0 Å². The largest absolute Gasteiger partial charge is 0.491 e. The summed E-state index contributed by atoms with van der Waals surface area (Å²) in [4.78, 5) is 29.6. The Morgan fingerprint density at radius 2 is 1.52 bits per heavy atom. The molecule has 3 rings (SSSR count). The number of amides is 2. The first-order valence-electron chi connectivity index (χ1n) is 9.96. The zero-order valence-corrected chi connectivity index (χ0v) is 17.7. The minimum absolute atomic E-state index is 0.0658. The maximum Gasteiger partial charge on any atom is 0.278 e. The molecule has 0 spiro atoms. The Kier molecular flexibility index (Phi) is 6.06. The monoisotopic (exact) mass is 392 g/mol. The summed E-state index contributed by atoms with van der Waals surface area (Å²) in [5.74, 6) is 0.414. The van der Waals surface area contributed by atoms with Gasteiger partial charge in [-0.15, -0.1) is 0 Å². The van der Waals surface area contributed by atoms with Crippen LogP contribution in [-0.2, 0) is 9.59 Å². The van der Waals surface area contributed by atoms with Crippen molar-refractivity contribution < 1.29 is 14.3 Å². The third-order valence-electron chi connectivity index (χ3n) is 4.68. The predicted molar refractivity (Wildman–Crippen MR) is 116 cm³/mol. The molecule has 2 aromatic rings. The summed E-state index contributed by atoms with van der Waals surface area (Å²) >= 11 is 0. The Hall–Kier alpha value is -3.08. The van der Waals surface area contributed by atoms with Crippen molar-refractivity contribution in [2.24, 2.45) is 5.92 Å². The second-order valence-electron chi connectivity index (χ2n) is 7.92. The molecule has 152 valence electrons. The topological polar surface area (TPSA) is 49.9 Å². The number of benzene rings is 2. The number of likely N-dealkylation sites (N-methyl/N-ethyl adjacent to an activating group) is 1. The summed E-state index contributed by atoms with van der Waals surface area (Å²) in [6.07, 6.45) is 0.0658. The molecule has 0 radical (unpaired) electrons. The van der Waals surface area contributed by atoms with E-state index in [1.54, 1.807) is 4.90 Å². The predicted octanol–water partition coefficient (Wildman–Crippen LogP) is 4.35. The number of carbonyl (C=O) groups is 2. The molecule has 0 saturated carbocycles. The van der Waals surface area contributed by atoms with E-state index in [0.29, 0.717) is 23.4 Å². The van der Waals surface area contributed by atoms with Crippen LogP contribution in [-0.4, -0.2) is 36.4 Å². The highest BCUT2D eigenvalue weighted by atomic mass is 16.5. The lowest BCUT2D eigenvalue weighted by Gasteiger charge is -2.22. The summed E-state index contributed by atoms with van der Waals surface area (Å²) in [5.41, 5.74) is 2.40. The van der Waals surface area contributed by atoms with Gasteiger partial charge in [0, 0.05) is 19.3 Å². The summed E-state index contributed by atoms with van der Waals surface area (Å²) in [7, 11) is 1.82. The van der Waals surface area contributed by atoms with Crippen molar-refractivity contribution in [2.75, 3.05) is 18.5 Å². The summed E-state index contributed by atoms with van der Waals surface area (Å²) in [5, 5.41) is 0. The molecular formula is C24H28N2O3. The molecule has 29 heavy (non-hydrogen) atoms. The second kappa shape index (κ2) is 8.52. The van der Waals surface area contributed by atoms with Gasteiger partial charge in [0.05, 0.1) is 11.7 Å². The molecule has 0 aromatic heterocycles. The van der Waals surface area contributed by atoms with Crippen LogP contribution in [0, 0.1) is 5.92 Å². The van der Waals surface area contributed by atoms with Crippen LogP contribution < -0.4 is 9.64 Å². The SMILES string of the molecule is CC(C)CN1C(=O)C(c2ccc(OC(C)C)cc2)=C(N(C)c2ccccc2)C1=O. The van der Waals surface area contributed by atoms with E-state index in [1.807, 2.05) is 89.3 Å². The van der Waals surface area contributed by atoms with E-state index >= 15 is 0 Å². The van der Waals surface area contributed by atoms with E-state index in [-0.39, 0.29) is 23.8 Å². The van der Waals surface area contributed by atoms with Gasteiger partial charge in [0.2, 0.25) is 0 Å². The maximum atomic E-state index is 13.3. The molecule has 1 aliphatic heterocycles. The van der Waals surface area contributed by atoms with Crippen molar-refractivity contribution in [2.45, 2.75) is 33.8 Å². The Morgan fingerprint density at radius 1 is 0.897 bits per heavy atom. The number of para-hydroxylation sites is 1. The number of carbonyl (C=O) groups excluding carboxylic acids is 2. The highest BCUT2D eigenvalue weighted by Gasteiger charge is 2.41. The van der Waals surface area contributed by atoms with Crippen LogP contribution in [0.2, 0.25) is 0 Å². The fourth-order valence-corrected chi connectivity index (χ4v) is 3.42. The van der Waals surface area contributed by atoms with E-state index < -0.39 is 0 Å². The van der Waals surface area contributed by atoms with Crippen LogP contribution in [0.25, 0.3) is 5.57 Å². The number of hydrogen-bond acceptors (Lipinski definition) is 4. The van der Waals surface area contributed by atoms with Crippen LogP contribution >= 0.6 is 0 Å². The Balaban J connectivity index is 2.07. The van der Waals surface area contributed by atoms with Crippen molar-refractivity contribution in [3.8, 4) is 5.75 Å². The van der Waals surface area contributed by atoms with E-state index in [1.165, 1.54) is 4.90 Å². The van der Waals surface area contributed by atoms with Crippen LogP contribution in [0.1, 0.15) is 33.3 Å². The van der Waals surface area contributed by atoms with E-state index in [9.17, 15) is 9.59 Å². The molecule has 5 heteroatoms. The van der Waals surface area contributed by atoms with Gasteiger partial charge in [-0.05, 0) is 49.6 Å². The number of nitrogens with zero attached hydrogens (tertiary/aromatic N) is 2. The number of anilines is 1. The third kappa shape index (κ3) is 4.34. The van der Waals surface area contributed by atoms with Gasteiger partial charge in [-0.2, -0.15) is 0 Å². The third-order valence-corrected chi connectivity index (χ3v) is 4.68. The summed E-state index contributed by atoms with van der Waals surface area (Å²) in [6.45, 7) is 8.31. The van der Waals surface area contributed by atoms with Gasteiger partial charge in [-0.25, -0.2) is 0 Å². The molecular weight excluding hydrogens is 364 g/mol. The summed E-state index contributed by atoms with van der Waals surface area (Å²) in [6, 6.07) is 17.0. The maximum absolute atomic E-state index is 13.3. The normalized spacial score (nSPS) is 14.4. The molecule has 0 N–H and O–H groups in total. The summed E-state index contributed by atoms with van der Waals surface area (Å²) < 4.78 is 5.71. The fraction of sp³-hybridized carbons (Fsp3) is 0.333. The van der Waals surface area contributed by atoms with Crippen molar-refractivity contribution in [1.82, 2.24) is 4.90 Å². The van der Waals surface area contributed by atoms with Crippen molar-refractivity contribution in [3.63, 3.8) is 0 Å². The molecule has 0 aliphatic carbocycles. The van der Waals surface area contributed by atoms with Gasteiger partial charge >= 0.3 is 0 Å². The first kappa shape index (κ1) is 20.6. The molecule has 5 nitrogen and oxygen atoms in total. The first-order chi connectivity index (χ1) is 13.8. The lowest BCUT2D eigenvalue weighted by atomic mass is 10.0. The Morgan fingerprint density at radius 3 is 2.07 bits per heavy atom. The highest BCUT2D eigenvalue weighted by Crippen LogP contribution is 2.34. The average molecular weight is 392 g/mol. The van der Waals surface area contributed by atoms with Crippen LogP contribution in [0.4, 0.5) is 5.69 Å². The number of ether oxygens (including phenoxy) is 1. The van der Waals surface area contributed by atoms with Crippen LogP contribution in [0.15, 0.2) is 60.3 Å². The number of rotatable bonds is 7. The minimum Gasteiger partial charge on any atom is -0.491 e. The molecule has 2 amide bonds. The van der Waals surface area contributed by atoms with E-state index in [4.69, 9.17) is 4.74 Å². The number of hydrogen-bond donors (Lipinski definition) is 0. The van der Waals surface area contributed by atoms with Gasteiger partial charge in [0.1, 0.15) is 11.4 Å². The number of imide groups is 1. The van der Waals surface area contributed by atoms with Gasteiger partial charge in [-0.1, -0.05) is 44.2 Å². The van der Waals surface area contributed by atoms with Gasteiger partial charge in [0.15, 0.2) is 0 Å². The van der Waals surface area contributed by atoms with Crippen LogP contribution in [0.5, 0.6) is 5.75 Å². The fourth-order valence-electron chi connectivity index (χ4n) is 3.42. The zero-order chi connectivity index (χ0) is 21.1. The molecule has 1 aliphatic rings. The van der Waals surface area contributed by atoms with Gasteiger partial charge in [0.25, 0.3) is 11.8 Å². The quantitative estimate of drug-likeness (QED) is 0.658. The molecule has 0 atom stereocenters. The lowest BCUT2D eigenvalue weighted by Crippen LogP contribution is -2.36. The zero-order valence-electron chi connectivity index (χ0n) is 17.7. The molecule has 2 aromatic carbocycles. The first-order valence-corrected chi connectivity index (χ1v) is 9.96. The molecule has 0 fully saturated rings.